The number of ether oxygens (including phenoxy) is 3. The molecule has 0 unspecified atom stereocenters. The van der Waals surface area contributed by atoms with E-state index < -0.39 is 0 Å². The van der Waals surface area contributed by atoms with Gasteiger partial charge in [0.1, 0.15) is 6.04 Å². The van der Waals surface area contributed by atoms with E-state index in [1.54, 1.807) is 7.11 Å². The molecule has 6 nitrogen and oxygen atoms in total. The van der Waals surface area contributed by atoms with Crippen LogP contribution in [0.4, 0.5) is 0 Å². The summed E-state index contributed by atoms with van der Waals surface area (Å²) in [5, 5.41) is 0. The third-order valence-corrected chi connectivity index (χ3v) is 7.44. The van der Waals surface area contributed by atoms with E-state index in [1.807, 2.05) is 11.9 Å². The second kappa shape index (κ2) is 6.74. The lowest BCUT2D eigenvalue weighted by atomic mass is 9.63. The molecule has 1 aromatic carbocycles. The summed E-state index contributed by atoms with van der Waals surface area (Å²) >= 11 is 0. The molecule has 29 heavy (non-hydrogen) atoms. The van der Waals surface area contributed by atoms with Crippen LogP contribution in [0.2, 0.25) is 0 Å². The van der Waals surface area contributed by atoms with E-state index in [-0.39, 0.29) is 36.3 Å². The van der Waals surface area contributed by atoms with Crippen molar-refractivity contribution in [3.63, 3.8) is 0 Å². The molecule has 0 N–H and O–H groups in total. The van der Waals surface area contributed by atoms with Gasteiger partial charge in [-0.05, 0) is 35.6 Å². The number of fused-ring (bicyclic) bond motifs is 2. The van der Waals surface area contributed by atoms with Crippen LogP contribution < -0.4 is 9.47 Å². The Morgan fingerprint density at radius 1 is 1.31 bits per heavy atom. The Morgan fingerprint density at radius 2 is 2.07 bits per heavy atom. The molecule has 1 saturated heterocycles. The lowest BCUT2D eigenvalue weighted by Crippen LogP contribution is -2.58. The van der Waals surface area contributed by atoms with Crippen LogP contribution in [-0.2, 0) is 21.5 Å². The molecule has 6 heteroatoms. The molecule has 1 amide bonds. The Hall–Kier alpha value is -2.05. The van der Waals surface area contributed by atoms with E-state index in [9.17, 15) is 4.79 Å². The first kappa shape index (κ1) is 18.9. The molecule has 3 aliphatic heterocycles. The second-order valence-electron chi connectivity index (χ2n) is 8.97. The molecule has 5 atom stereocenters. The summed E-state index contributed by atoms with van der Waals surface area (Å²) in [7, 11) is 3.69. The highest BCUT2D eigenvalue weighted by atomic mass is 16.7. The van der Waals surface area contributed by atoms with Crippen molar-refractivity contribution in [2.24, 2.45) is 5.92 Å². The van der Waals surface area contributed by atoms with Crippen molar-refractivity contribution < 1.29 is 19.0 Å². The minimum absolute atomic E-state index is 0.0297. The van der Waals surface area contributed by atoms with Crippen molar-refractivity contribution in [3.8, 4) is 11.5 Å². The normalized spacial score (nSPS) is 33.4. The number of amides is 1. The van der Waals surface area contributed by atoms with Gasteiger partial charge in [-0.2, -0.15) is 0 Å². The number of hydrogen-bond donors (Lipinski definition) is 0. The first-order chi connectivity index (χ1) is 14.0. The molecular formula is C23H30N2O4. The van der Waals surface area contributed by atoms with Gasteiger partial charge in [-0.15, -0.1) is 0 Å². The molecule has 1 aromatic rings. The standard InChI is InChI=1S/C23H30N2O4/c1-5-14(2)11-25-12-15-8-18-19(29-13-28-18)10-17(15)23-7-6-16(27-4)9-20(23)24(3)22(26)21(23)25/h6-8,10,14,16,20-21H,5,9,11-13H2,1-4H3/t14-,16+,20-,21+,23-/m0/s1. The smallest absolute Gasteiger partial charge is 0.241 e. The second-order valence-corrected chi connectivity index (χ2v) is 8.97. The molecule has 1 spiro atoms. The van der Waals surface area contributed by atoms with Crippen molar-refractivity contribution in [2.45, 2.75) is 56.8 Å². The van der Waals surface area contributed by atoms with Gasteiger partial charge in [-0.1, -0.05) is 32.4 Å². The van der Waals surface area contributed by atoms with Crippen molar-refractivity contribution in [1.82, 2.24) is 9.80 Å². The Kier molecular flexibility index (Phi) is 4.40. The highest BCUT2D eigenvalue weighted by Crippen LogP contribution is 2.54. The van der Waals surface area contributed by atoms with E-state index in [0.29, 0.717) is 5.92 Å². The number of benzene rings is 1. The molecule has 3 heterocycles. The van der Waals surface area contributed by atoms with E-state index in [1.165, 1.54) is 11.1 Å². The molecular weight excluding hydrogens is 368 g/mol. The summed E-state index contributed by atoms with van der Waals surface area (Å²) in [6.07, 6.45) is 6.33. The van der Waals surface area contributed by atoms with Gasteiger partial charge in [0.05, 0.1) is 11.5 Å². The van der Waals surface area contributed by atoms with Crippen LogP contribution in [0.1, 0.15) is 37.8 Å². The summed E-state index contributed by atoms with van der Waals surface area (Å²) in [6, 6.07) is 4.13. The van der Waals surface area contributed by atoms with Crippen LogP contribution in [0.3, 0.4) is 0 Å². The number of carbonyl (C=O) groups excluding carboxylic acids is 1. The maximum atomic E-state index is 13.6. The Morgan fingerprint density at radius 3 is 2.79 bits per heavy atom. The summed E-state index contributed by atoms with van der Waals surface area (Å²) in [5.41, 5.74) is 2.06. The molecule has 1 fully saturated rings. The number of hydrogen-bond acceptors (Lipinski definition) is 5. The molecule has 5 rings (SSSR count). The van der Waals surface area contributed by atoms with Gasteiger partial charge in [-0.3, -0.25) is 9.69 Å². The number of methoxy groups -OCH3 is 1. The molecule has 0 aromatic heterocycles. The molecule has 1 aliphatic carbocycles. The van der Waals surface area contributed by atoms with E-state index in [4.69, 9.17) is 14.2 Å². The lowest BCUT2D eigenvalue weighted by Gasteiger charge is -2.49. The van der Waals surface area contributed by atoms with Gasteiger partial charge in [-0.25, -0.2) is 0 Å². The van der Waals surface area contributed by atoms with Crippen LogP contribution in [0.5, 0.6) is 11.5 Å². The number of carbonyl (C=O) groups is 1. The number of nitrogens with zero attached hydrogens (tertiary/aromatic N) is 2. The average molecular weight is 399 g/mol. The van der Waals surface area contributed by atoms with Crippen molar-refractivity contribution in [3.05, 3.63) is 35.4 Å². The van der Waals surface area contributed by atoms with Crippen LogP contribution in [0.25, 0.3) is 0 Å². The summed E-state index contributed by atoms with van der Waals surface area (Å²) in [6.45, 7) is 6.40. The molecule has 0 bridgehead atoms. The highest BCUT2D eigenvalue weighted by molar-refractivity contribution is 5.89. The number of likely N-dealkylation sites (N-methyl/N-ethyl adjacent to an activating group) is 1. The van der Waals surface area contributed by atoms with E-state index in [2.05, 4.69) is 43.0 Å². The quantitative estimate of drug-likeness (QED) is 0.730. The highest BCUT2D eigenvalue weighted by Gasteiger charge is 2.63. The fraction of sp³-hybridized carbons (Fsp3) is 0.609. The number of rotatable bonds is 4. The van der Waals surface area contributed by atoms with Gasteiger partial charge in [0.15, 0.2) is 11.5 Å². The van der Waals surface area contributed by atoms with Crippen LogP contribution in [0, 0.1) is 5.92 Å². The van der Waals surface area contributed by atoms with E-state index >= 15 is 0 Å². The third-order valence-electron chi connectivity index (χ3n) is 7.44. The summed E-state index contributed by atoms with van der Waals surface area (Å²) in [4.78, 5) is 17.9. The maximum Gasteiger partial charge on any atom is 0.241 e. The van der Waals surface area contributed by atoms with Gasteiger partial charge in [0, 0.05) is 33.3 Å². The third kappa shape index (κ3) is 2.58. The van der Waals surface area contributed by atoms with Crippen molar-refractivity contribution in [2.75, 3.05) is 27.5 Å². The molecule has 4 aliphatic rings. The van der Waals surface area contributed by atoms with Gasteiger partial charge in [0.25, 0.3) is 0 Å². The Balaban J connectivity index is 1.71. The fourth-order valence-electron chi connectivity index (χ4n) is 5.75. The average Bonchev–Trinajstić information content (AvgIpc) is 3.27. The van der Waals surface area contributed by atoms with Crippen LogP contribution >= 0.6 is 0 Å². The first-order valence-corrected chi connectivity index (χ1v) is 10.7. The molecule has 156 valence electrons. The van der Waals surface area contributed by atoms with Gasteiger partial charge >= 0.3 is 0 Å². The predicted molar refractivity (Wildman–Crippen MR) is 109 cm³/mol. The zero-order valence-electron chi connectivity index (χ0n) is 17.7. The summed E-state index contributed by atoms with van der Waals surface area (Å²) in [5.74, 6) is 2.34. The monoisotopic (exact) mass is 398 g/mol. The topological polar surface area (TPSA) is 51.2 Å². The zero-order chi connectivity index (χ0) is 20.3. The van der Waals surface area contributed by atoms with Crippen LogP contribution in [-0.4, -0.2) is 61.4 Å². The van der Waals surface area contributed by atoms with Crippen molar-refractivity contribution >= 4 is 5.91 Å². The SMILES string of the molecule is CC[C@H](C)CN1Cc2cc3c(cc2[C@@]24C=C[C@@H](OC)C[C@@H]2N(C)C(=O)[C@@H]14)OCO3. The lowest BCUT2D eigenvalue weighted by molar-refractivity contribution is -0.132. The molecule has 0 saturated carbocycles. The van der Waals surface area contributed by atoms with Crippen molar-refractivity contribution in [1.29, 1.82) is 0 Å². The summed E-state index contributed by atoms with van der Waals surface area (Å²) < 4.78 is 17.0. The first-order valence-electron chi connectivity index (χ1n) is 10.7. The van der Waals surface area contributed by atoms with Crippen LogP contribution in [0.15, 0.2) is 24.3 Å². The predicted octanol–water partition coefficient (Wildman–Crippen LogP) is 2.70. The van der Waals surface area contributed by atoms with Gasteiger partial charge in [0.2, 0.25) is 12.7 Å². The minimum Gasteiger partial charge on any atom is -0.454 e. The fourth-order valence-corrected chi connectivity index (χ4v) is 5.75. The minimum atomic E-state index is -0.386. The Labute approximate surface area is 172 Å². The van der Waals surface area contributed by atoms with E-state index in [0.717, 1.165) is 37.4 Å². The largest absolute Gasteiger partial charge is 0.454 e. The Bertz CT molecular complexity index is 869. The van der Waals surface area contributed by atoms with Gasteiger partial charge < -0.3 is 19.1 Å². The zero-order valence-corrected chi connectivity index (χ0v) is 17.7. The number of likely N-dealkylation sites (tertiary alicyclic amines) is 1. The maximum absolute atomic E-state index is 13.6. The molecule has 0 radical (unpaired) electrons.